The highest BCUT2D eigenvalue weighted by Crippen LogP contribution is 2.14. The molecule has 1 N–H and O–H groups in total. The summed E-state index contributed by atoms with van der Waals surface area (Å²) >= 11 is 0. The van der Waals surface area contributed by atoms with E-state index >= 15 is 0 Å². The van der Waals surface area contributed by atoms with Gasteiger partial charge in [0.2, 0.25) is 0 Å². The highest BCUT2D eigenvalue weighted by Gasteiger charge is 2.01. The minimum Gasteiger partial charge on any atom is -0.361 e. The van der Waals surface area contributed by atoms with Crippen LogP contribution in [-0.2, 0) is 6.42 Å². The molecule has 0 aromatic carbocycles. The Kier molecular flexibility index (Phi) is 12.7. The largest absolute Gasteiger partial charge is 0.361 e. The summed E-state index contributed by atoms with van der Waals surface area (Å²) in [6.45, 7) is 15.9. The van der Waals surface area contributed by atoms with Crippen molar-refractivity contribution in [2.75, 3.05) is 0 Å². The van der Waals surface area contributed by atoms with Gasteiger partial charge in [0.15, 0.2) is 0 Å². The van der Waals surface area contributed by atoms with Crippen molar-refractivity contribution in [2.24, 2.45) is 0 Å². The summed E-state index contributed by atoms with van der Waals surface area (Å²) in [4.78, 5) is 3.23. The number of H-pyrrole nitrogens is 1. The molecule has 0 aliphatic rings. The molecule has 0 atom stereocenters. The fraction of sp³-hybridized carbons (Fsp3) is 0.467. The Morgan fingerprint density at radius 1 is 1.25 bits per heavy atom. The second kappa shape index (κ2) is 11.8. The average Bonchev–Trinajstić information content (AvgIpc) is 2.72. The monoisotopic (exact) mass is 221 g/mol. The standard InChI is InChI=1S/C11H15N.2C2H6/c1-4-6-7-11-10(5-2)9(3)8-12-11;2*1-2/h4,6-8,12H,1,5H2,2-3H3;2*1-2H3/b7-6-;;. The van der Waals surface area contributed by atoms with Crippen LogP contribution in [0.4, 0.5) is 0 Å². The van der Waals surface area contributed by atoms with E-state index in [2.05, 4.69) is 31.5 Å². The zero-order valence-corrected chi connectivity index (χ0v) is 11.7. The molecule has 1 rings (SSSR count). The van der Waals surface area contributed by atoms with Crippen LogP contribution in [0.2, 0.25) is 0 Å². The van der Waals surface area contributed by atoms with Gasteiger partial charge < -0.3 is 4.98 Å². The van der Waals surface area contributed by atoms with E-state index in [0.29, 0.717) is 0 Å². The van der Waals surface area contributed by atoms with Gasteiger partial charge in [0.25, 0.3) is 0 Å². The quantitative estimate of drug-likeness (QED) is 0.680. The molecule has 0 bridgehead atoms. The number of aromatic amines is 1. The lowest BCUT2D eigenvalue weighted by Gasteiger charge is -1.95. The molecule has 1 aromatic heterocycles. The van der Waals surface area contributed by atoms with Crippen molar-refractivity contribution in [3.8, 4) is 0 Å². The van der Waals surface area contributed by atoms with Gasteiger partial charge in [0.05, 0.1) is 0 Å². The topological polar surface area (TPSA) is 15.8 Å². The molecule has 0 aliphatic heterocycles. The average molecular weight is 221 g/mol. The number of hydrogen-bond donors (Lipinski definition) is 1. The first-order valence-corrected chi connectivity index (χ1v) is 6.25. The van der Waals surface area contributed by atoms with E-state index in [0.717, 1.165) is 6.42 Å². The van der Waals surface area contributed by atoms with Crippen molar-refractivity contribution in [1.82, 2.24) is 4.98 Å². The number of allylic oxidation sites excluding steroid dienone is 2. The Hall–Kier alpha value is -1.24. The van der Waals surface area contributed by atoms with Crippen molar-refractivity contribution in [2.45, 2.75) is 48.0 Å². The molecule has 0 radical (unpaired) electrons. The first-order valence-electron chi connectivity index (χ1n) is 6.25. The van der Waals surface area contributed by atoms with Crippen LogP contribution in [0.5, 0.6) is 0 Å². The predicted octanol–water partition coefficient (Wildman–Crippen LogP) is 5.14. The molecule has 1 nitrogen and oxygen atoms in total. The van der Waals surface area contributed by atoms with E-state index < -0.39 is 0 Å². The van der Waals surface area contributed by atoms with Gasteiger partial charge in [-0.15, -0.1) is 0 Å². The number of aryl methyl sites for hydroxylation is 1. The fourth-order valence-electron chi connectivity index (χ4n) is 1.35. The normalized spacial score (nSPS) is 8.88. The van der Waals surface area contributed by atoms with Gasteiger partial charge in [0.1, 0.15) is 0 Å². The van der Waals surface area contributed by atoms with Gasteiger partial charge in [-0.3, -0.25) is 0 Å². The number of nitrogens with one attached hydrogen (secondary N) is 1. The maximum atomic E-state index is 3.64. The highest BCUT2D eigenvalue weighted by atomic mass is 14.7. The van der Waals surface area contributed by atoms with Gasteiger partial charge in [-0.25, -0.2) is 0 Å². The van der Waals surface area contributed by atoms with Crippen LogP contribution in [0.3, 0.4) is 0 Å². The molecule has 1 aromatic rings. The second-order valence-electron chi connectivity index (χ2n) is 2.81. The molecule has 0 spiro atoms. The van der Waals surface area contributed by atoms with Crippen molar-refractivity contribution in [1.29, 1.82) is 0 Å². The molecular weight excluding hydrogens is 194 g/mol. The van der Waals surface area contributed by atoms with E-state index in [9.17, 15) is 0 Å². The van der Waals surface area contributed by atoms with Gasteiger partial charge in [-0.05, 0) is 30.5 Å². The summed E-state index contributed by atoms with van der Waals surface area (Å²) < 4.78 is 0. The van der Waals surface area contributed by atoms with Crippen molar-refractivity contribution in [3.63, 3.8) is 0 Å². The van der Waals surface area contributed by atoms with E-state index in [4.69, 9.17) is 0 Å². The SMILES string of the molecule is C=C/C=C\c1[nH]cc(C)c1CC.CC.CC. The summed E-state index contributed by atoms with van der Waals surface area (Å²) in [5.41, 5.74) is 3.93. The van der Waals surface area contributed by atoms with Crippen LogP contribution < -0.4 is 0 Å². The first kappa shape index (κ1) is 17.2. The van der Waals surface area contributed by atoms with Crippen LogP contribution >= 0.6 is 0 Å². The van der Waals surface area contributed by atoms with Crippen LogP contribution in [0.25, 0.3) is 6.08 Å². The Balaban J connectivity index is 0. The maximum absolute atomic E-state index is 3.64. The molecule has 0 saturated heterocycles. The summed E-state index contributed by atoms with van der Waals surface area (Å²) in [5, 5.41) is 0. The lowest BCUT2D eigenvalue weighted by molar-refractivity contribution is 1.11. The molecule has 0 aliphatic carbocycles. The maximum Gasteiger partial charge on any atom is 0.0415 e. The lowest BCUT2D eigenvalue weighted by Crippen LogP contribution is -1.83. The van der Waals surface area contributed by atoms with Crippen LogP contribution in [0.15, 0.2) is 24.9 Å². The Morgan fingerprint density at radius 2 is 1.81 bits per heavy atom. The van der Waals surface area contributed by atoms with Gasteiger partial charge in [-0.2, -0.15) is 0 Å². The minimum absolute atomic E-state index is 1.08. The van der Waals surface area contributed by atoms with Crippen molar-refractivity contribution in [3.05, 3.63) is 41.7 Å². The number of aromatic nitrogens is 1. The molecule has 16 heavy (non-hydrogen) atoms. The van der Waals surface area contributed by atoms with E-state index in [1.807, 2.05) is 40.0 Å². The fourth-order valence-corrected chi connectivity index (χ4v) is 1.35. The van der Waals surface area contributed by atoms with E-state index in [-0.39, 0.29) is 0 Å². The van der Waals surface area contributed by atoms with Gasteiger partial charge in [-0.1, -0.05) is 53.3 Å². The summed E-state index contributed by atoms with van der Waals surface area (Å²) in [6.07, 6.45) is 8.91. The Labute approximate surface area is 101 Å². The second-order valence-corrected chi connectivity index (χ2v) is 2.81. The number of hydrogen-bond acceptors (Lipinski definition) is 0. The summed E-state index contributed by atoms with van der Waals surface area (Å²) in [5.74, 6) is 0. The third kappa shape index (κ3) is 5.59. The third-order valence-electron chi connectivity index (χ3n) is 2.00. The molecule has 0 amide bonds. The number of rotatable bonds is 3. The molecule has 0 fully saturated rings. The van der Waals surface area contributed by atoms with Crippen LogP contribution in [0, 0.1) is 6.92 Å². The van der Waals surface area contributed by atoms with Crippen LogP contribution in [0.1, 0.15) is 51.4 Å². The Bertz CT molecular complexity index is 292. The third-order valence-corrected chi connectivity index (χ3v) is 2.00. The Morgan fingerprint density at radius 3 is 2.25 bits per heavy atom. The predicted molar refractivity (Wildman–Crippen MR) is 76.8 cm³/mol. The molecular formula is C15H27N. The lowest BCUT2D eigenvalue weighted by atomic mass is 10.1. The zero-order chi connectivity index (χ0) is 13.0. The first-order chi connectivity index (χ1) is 7.79. The summed E-state index contributed by atoms with van der Waals surface area (Å²) in [6, 6.07) is 0. The molecule has 0 saturated carbocycles. The minimum atomic E-state index is 1.08. The van der Waals surface area contributed by atoms with Gasteiger partial charge >= 0.3 is 0 Å². The van der Waals surface area contributed by atoms with E-state index in [1.165, 1.54) is 16.8 Å². The smallest absolute Gasteiger partial charge is 0.0415 e. The molecule has 1 heterocycles. The highest BCUT2D eigenvalue weighted by molar-refractivity contribution is 5.53. The molecule has 1 heteroatoms. The van der Waals surface area contributed by atoms with Gasteiger partial charge in [0, 0.05) is 11.9 Å². The molecule has 92 valence electrons. The van der Waals surface area contributed by atoms with Crippen molar-refractivity contribution < 1.29 is 0 Å². The van der Waals surface area contributed by atoms with Crippen molar-refractivity contribution >= 4 is 6.08 Å². The molecule has 0 unspecified atom stereocenters. The van der Waals surface area contributed by atoms with E-state index in [1.54, 1.807) is 6.08 Å². The van der Waals surface area contributed by atoms with Crippen LogP contribution in [-0.4, -0.2) is 4.98 Å². The summed E-state index contributed by atoms with van der Waals surface area (Å²) in [7, 11) is 0. The zero-order valence-electron chi connectivity index (χ0n) is 11.7.